The molecule has 0 atom stereocenters. The molecule has 0 saturated heterocycles. The Labute approximate surface area is 200 Å². The molecule has 5 aromatic rings. The minimum Gasteiger partial charge on any atom is -0.392 e. The molecule has 0 aliphatic rings. The predicted octanol–water partition coefficient (Wildman–Crippen LogP) is 4.20. The van der Waals surface area contributed by atoms with Crippen LogP contribution in [0.5, 0.6) is 0 Å². The maximum Gasteiger partial charge on any atom is 0.249 e. The summed E-state index contributed by atoms with van der Waals surface area (Å²) in [5.74, 6) is -0.172. The highest BCUT2D eigenvalue weighted by Gasteiger charge is 2.20. The summed E-state index contributed by atoms with van der Waals surface area (Å²) < 4.78 is 1.59. The Morgan fingerprint density at radius 2 is 1.88 bits per heavy atom. The number of rotatable bonds is 7. The van der Waals surface area contributed by atoms with E-state index in [0.29, 0.717) is 16.3 Å². The second-order valence-corrected chi connectivity index (χ2v) is 8.24. The molecule has 0 fully saturated rings. The maximum atomic E-state index is 13.6. The summed E-state index contributed by atoms with van der Waals surface area (Å²) >= 11 is 6.22. The number of nitrogens with zero attached hydrogens (tertiary/aromatic N) is 5. The van der Waals surface area contributed by atoms with E-state index in [2.05, 4.69) is 20.3 Å². The molecule has 0 radical (unpaired) electrons. The molecule has 0 saturated carbocycles. The minimum atomic E-state index is -0.172. The monoisotopic (exact) mass is 472 g/mol. The topological polar surface area (TPSA) is 99.9 Å². The molecule has 2 aromatic heterocycles. The van der Waals surface area contributed by atoms with E-state index < -0.39 is 0 Å². The molecule has 8 nitrogen and oxygen atoms in total. The SMILES string of the molecule is O=C(Cn1nnc2ccccc21)N(Cc1cc(Cl)ccc1CO)c1ccc(-c2cnc[nH]2)cc1. The van der Waals surface area contributed by atoms with Crippen molar-refractivity contribution in [3.05, 3.63) is 95.4 Å². The number of aromatic nitrogens is 5. The highest BCUT2D eigenvalue weighted by molar-refractivity contribution is 6.30. The molecule has 0 bridgehead atoms. The van der Waals surface area contributed by atoms with Crippen LogP contribution >= 0.6 is 11.6 Å². The average molecular weight is 473 g/mol. The molecule has 0 spiro atoms. The number of halogens is 1. The number of para-hydroxylation sites is 1. The number of amides is 1. The maximum absolute atomic E-state index is 13.6. The minimum absolute atomic E-state index is 0.0117. The molecule has 2 heterocycles. The molecule has 0 aliphatic carbocycles. The van der Waals surface area contributed by atoms with Crippen LogP contribution in [0.1, 0.15) is 11.1 Å². The van der Waals surface area contributed by atoms with Gasteiger partial charge in [0.25, 0.3) is 0 Å². The first-order valence-corrected chi connectivity index (χ1v) is 11.1. The Kier molecular flexibility index (Phi) is 6.07. The van der Waals surface area contributed by atoms with Crippen LogP contribution in [0.15, 0.2) is 79.3 Å². The van der Waals surface area contributed by atoms with Crippen molar-refractivity contribution in [2.75, 3.05) is 4.90 Å². The molecule has 1 amide bonds. The van der Waals surface area contributed by atoms with E-state index in [1.807, 2.05) is 48.5 Å². The van der Waals surface area contributed by atoms with Crippen LogP contribution in [0.3, 0.4) is 0 Å². The summed E-state index contributed by atoms with van der Waals surface area (Å²) in [5, 5.41) is 18.7. The number of hydrogen-bond donors (Lipinski definition) is 2. The number of aliphatic hydroxyl groups is 1. The lowest BCUT2D eigenvalue weighted by Crippen LogP contribution is -2.34. The van der Waals surface area contributed by atoms with Gasteiger partial charge in [-0.3, -0.25) is 4.79 Å². The van der Waals surface area contributed by atoms with Gasteiger partial charge in [-0.1, -0.05) is 47.1 Å². The van der Waals surface area contributed by atoms with Gasteiger partial charge in [0, 0.05) is 10.7 Å². The zero-order valence-electron chi connectivity index (χ0n) is 18.1. The van der Waals surface area contributed by atoms with Gasteiger partial charge in [0.2, 0.25) is 5.91 Å². The first-order valence-electron chi connectivity index (χ1n) is 10.7. The summed E-state index contributed by atoms with van der Waals surface area (Å²) in [6.45, 7) is 0.101. The van der Waals surface area contributed by atoms with Crippen LogP contribution in [0, 0.1) is 0 Å². The van der Waals surface area contributed by atoms with E-state index >= 15 is 0 Å². The zero-order chi connectivity index (χ0) is 23.5. The highest BCUT2D eigenvalue weighted by atomic mass is 35.5. The van der Waals surface area contributed by atoms with Crippen molar-refractivity contribution in [3.63, 3.8) is 0 Å². The highest BCUT2D eigenvalue weighted by Crippen LogP contribution is 2.26. The number of hydrogen-bond acceptors (Lipinski definition) is 5. The van der Waals surface area contributed by atoms with Crippen molar-refractivity contribution in [2.24, 2.45) is 0 Å². The summed E-state index contributed by atoms with van der Waals surface area (Å²) in [6, 6.07) is 20.4. The standard InChI is InChI=1S/C25H21ClN6O2/c26-20-8-5-18(15-33)19(11-20)13-31(21-9-6-17(7-10-21)23-12-27-16-28-23)25(34)14-32-24-4-2-1-3-22(24)29-30-32/h1-12,16,33H,13-15H2,(H,27,28). The molecular weight excluding hydrogens is 452 g/mol. The van der Waals surface area contributed by atoms with Gasteiger partial charge in [-0.15, -0.1) is 5.10 Å². The second kappa shape index (κ2) is 9.46. The lowest BCUT2D eigenvalue weighted by Gasteiger charge is -2.24. The van der Waals surface area contributed by atoms with Gasteiger partial charge in [-0.2, -0.15) is 0 Å². The Balaban J connectivity index is 1.50. The van der Waals surface area contributed by atoms with Gasteiger partial charge in [-0.25, -0.2) is 9.67 Å². The molecule has 3 aromatic carbocycles. The average Bonchev–Trinajstić information content (AvgIpc) is 3.54. The number of H-pyrrole nitrogens is 1. The van der Waals surface area contributed by atoms with Crippen molar-refractivity contribution in [1.29, 1.82) is 0 Å². The summed E-state index contributed by atoms with van der Waals surface area (Å²) in [6.07, 6.45) is 3.37. The summed E-state index contributed by atoms with van der Waals surface area (Å²) in [5.41, 5.74) is 5.53. The van der Waals surface area contributed by atoms with Crippen LogP contribution in [0.25, 0.3) is 22.3 Å². The number of carbonyl (C=O) groups is 1. The number of aromatic amines is 1. The first kappa shape index (κ1) is 21.8. The second-order valence-electron chi connectivity index (χ2n) is 7.80. The van der Waals surface area contributed by atoms with E-state index in [1.165, 1.54) is 0 Å². The van der Waals surface area contributed by atoms with Crippen molar-refractivity contribution < 1.29 is 9.90 Å². The van der Waals surface area contributed by atoms with Gasteiger partial charge < -0.3 is 15.0 Å². The fraction of sp³-hybridized carbons (Fsp3) is 0.120. The molecular formula is C25H21ClN6O2. The van der Waals surface area contributed by atoms with Crippen molar-refractivity contribution >= 4 is 34.2 Å². The predicted molar refractivity (Wildman–Crippen MR) is 130 cm³/mol. The van der Waals surface area contributed by atoms with Gasteiger partial charge in [0.15, 0.2) is 0 Å². The zero-order valence-corrected chi connectivity index (χ0v) is 18.9. The number of carbonyl (C=O) groups excluding carboxylic acids is 1. The van der Waals surface area contributed by atoms with Gasteiger partial charge in [0.05, 0.1) is 36.9 Å². The van der Waals surface area contributed by atoms with Crippen LogP contribution in [-0.2, 0) is 24.5 Å². The fourth-order valence-corrected chi connectivity index (χ4v) is 4.07. The molecule has 0 aliphatic heterocycles. The van der Waals surface area contributed by atoms with E-state index in [0.717, 1.165) is 27.9 Å². The Bertz CT molecular complexity index is 1430. The smallest absolute Gasteiger partial charge is 0.249 e. The third-order valence-electron chi connectivity index (χ3n) is 5.66. The lowest BCUT2D eigenvalue weighted by molar-refractivity contribution is -0.119. The quantitative estimate of drug-likeness (QED) is 0.370. The third kappa shape index (κ3) is 4.41. The first-order chi connectivity index (χ1) is 16.6. The molecule has 5 rings (SSSR count). The number of nitrogens with one attached hydrogen (secondary N) is 1. The summed E-state index contributed by atoms with van der Waals surface area (Å²) in [7, 11) is 0. The normalized spacial score (nSPS) is 11.1. The van der Waals surface area contributed by atoms with E-state index in [9.17, 15) is 9.90 Å². The fourth-order valence-electron chi connectivity index (χ4n) is 3.87. The molecule has 9 heteroatoms. The number of anilines is 1. The lowest BCUT2D eigenvalue weighted by atomic mass is 10.1. The molecule has 170 valence electrons. The number of aliphatic hydroxyl groups excluding tert-OH is 1. The number of benzene rings is 3. The third-order valence-corrected chi connectivity index (χ3v) is 5.90. The van der Waals surface area contributed by atoms with Crippen LogP contribution in [0.4, 0.5) is 5.69 Å². The Morgan fingerprint density at radius 1 is 1.06 bits per heavy atom. The molecule has 0 unspecified atom stereocenters. The van der Waals surface area contributed by atoms with Crippen LogP contribution in [0.2, 0.25) is 5.02 Å². The van der Waals surface area contributed by atoms with Crippen LogP contribution < -0.4 is 4.90 Å². The van der Waals surface area contributed by atoms with Gasteiger partial charge in [-0.05, 0) is 53.1 Å². The Hall–Kier alpha value is -4.01. The number of imidazole rings is 1. The largest absolute Gasteiger partial charge is 0.392 e. The van der Waals surface area contributed by atoms with Crippen molar-refractivity contribution in [2.45, 2.75) is 19.7 Å². The summed E-state index contributed by atoms with van der Waals surface area (Å²) in [4.78, 5) is 22.4. The van der Waals surface area contributed by atoms with Gasteiger partial charge in [0.1, 0.15) is 12.1 Å². The Morgan fingerprint density at radius 3 is 2.65 bits per heavy atom. The number of fused-ring (bicyclic) bond motifs is 1. The van der Waals surface area contributed by atoms with Crippen molar-refractivity contribution in [1.82, 2.24) is 25.0 Å². The van der Waals surface area contributed by atoms with Gasteiger partial charge >= 0.3 is 0 Å². The molecule has 34 heavy (non-hydrogen) atoms. The van der Waals surface area contributed by atoms with E-state index in [4.69, 9.17) is 11.6 Å². The van der Waals surface area contributed by atoms with E-state index in [-0.39, 0.29) is 25.6 Å². The van der Waals surface area contributed by atoms with Crippen molar-refractivity contribution in [3.8, 4) is 11.3 Å². The van der Waals surface area contributed by atoms with Crippen LogP contribution in [-0.4, -0.2) is 36.0 Å². The molecule has 2 N–H and O–H groups in total. The van der Waals surface area contributed by atoms with E-state index in [1.54, 1.807) is 40.3 Å².